The summed E-state index contributed by atoms with van der Waals surface area (Å²) in [5.74, 6) is -0.282. The van der Waals surface area contributed by atoms with Crippen LogP contribution in [0.2, 0.25) is 0 Å². The van der Waals surface area contributed by atoms with Crippen molar-refractivity contribution < 1.29 is 13.9 Å². The van der Waals surface area contributed by atoms with Gasteiger partial charge in [-0.1, -0.05) is 6.07 Å². The van der Waals surface area contributed by atoms with E-state index in [4.69, 9.17) is 4.74 Å². The molecule has 2 rings (SSSR count). The van der Waals surface area contributed by atoms with Crippen molar-refractivity contribution in [2.45, 2.75) is 6.42 Å². The zero-order valence-corrected chi connectivity index (χ0v) is 10.1. The van der Waals surface area contributed by atoms with Crippen LogP contribution in [0.15, 0.2) is 24.5 Å². The summed E-state index contributed by atoms with van der Waals surface area (Å²) in [6, 6.07) is 4.27. The van der Waals surface area contributed by atoms with Gasteiger partial charge in [-0.3, -0.25) is 9.48 Å². The zero-order valence-electron chi connectivity index (χ0n) is 10.1. The summed E-state index contributed by atoms with van der Waals surface area (Å²) in [6.07, 6.45) is 1.33. The van der Waals surface area contributed by atoms with Crippen molar-refractivity contribution in [2.24, 2.45) is 7.05 Å². The van der Waals surface area contributed by atoms with Gasteiger partial charge in [0, 0.05) is 7.05 Å². The lowest BCUT2D eigenvalue weighted by molar-refractivity contribution is 0.0982. The van der Waals surface area contributed by atoms with Crippen molar-refractivity contribution in [3.05, 3.63) is 41.7 Å². The van der Waals surface area contributed by atoms with Crippen molar-refractivity contribution >= 4 is 5.78 Å². The molecule has 0 radical (unpaired) electrons. The van der Waals surface area contributed by atoms with Crippen molar-refractivity contribution in [3.8, 4) is 5.75 Å². The maximum absolute atomic E-state index is 13.7. The minimum Gasteiger partial charge on any atom is -0.496 e. The monoisotopic (exact) mass is 249 g/mol. The quantitative estimate of drug-likeness (QED) is 0.768. The molecule has 0 unspecified atom stereocenters. The Balaban J connectivity index is 2.32. The molecular weight excluding hydrogens is 237 g/mol. The number of hydrogen-bond acceptors (Lipinski definition) is 4. The van der Waals surface area contributed by atoms with Crippen molar-refractivity contribution in [3.63, 3.8) is 0 Å². The van der Waals surface area contributed by atoms with Crippen molar-refractivity contribution in [1.82, 2.24) is 14.8 Å². The fraction of sp³-hybridized carbons (Fsp3) is 0.250. The third-order valence-electron chi connectivity index (χ3n) is 2.60. The topological polar surface area (TPSA) is 57.0 Å². The van der Waals surface area contributed by atoms with Gasteiger partial charge in [-0.25, -0.2) is 9.37 Å². The first-order valence-electron chi connectivity index (χ1n) is 5.32. The zero-order chi connectivity index (χ0) is 13.1. The summed E-state index contributed by atoms with van der Waals surface area (Å²) in [4.78, 5) is 16.0. The highest BCUT2D eigenvalue weighted by Gasteiger charge is 2.19. The van der Waals surface area contributed by atoms with Crippen LogP contribution >= 0.6 is 0 Å². The number of methoxy groups -OCH3 is 1. The third-order valence-corrected chi connectivity index (χ3v) is 2.60. The lowest BCUT2D eigenvalue weighted by Crippen LogP contribution is -2.12. The molecule has 1 aromatic carbocycles. The molecule has 0 atom stereocenters. The highest BCUT2D eigenvalue weighted by molar-refractivity contribution is 5.99. The van der Waals surface area contributed by atoms with Crippen LogP contribution in [0.4, 0.5) is 4.39 Å². The van der Waals surface area contributed by atoms with Gasteiger partial charge in [-0.15, -0.1) is 0 Å². The molecule has 0 fully saturated rings. The predicted octanol–water partition coefficient (Wildman–Crippen LogP) is 1.39. The highest BCUT2D eigenvalue weighted by Crippen LogP contribution is 2.22. The van der Waals surface area contributed by atoms with Crippen LogP contribution in [0.25, 0.3) is 0 Å². The normalized spacial score (nSPS) is 10.4. The van der Waals surface area contributed by atoms with Gasteiger partial charge in [0.15, 0.2) is 5.78 Å². The van der Waals surface area contributed by atoms with Gasteiger partial charge in [0.05, 0.1) is 19.1 Å². The first-order valence-corrected chi connectivity index (χ1v) is 5.32. The number of ketones is 1. The second kappa shape index (κ2) is 4.95. The van der Waals surface area contributed by atoms with E-state index in [9.17, 15) is 9.18 Å². The van der Waals surface area contributed by atoms with Crippen LogP contribution in [-0.4, -0.2) is 27.7 Å². The minimum absolute atomic E-state index is 0.0200. The number of benzene rings is 1. The number of halogens is 1. The number of carbonyl (C=O) groups excluding carboxylic acids is 1. The molecule has 1 heterocycles. The van der Waals surface area contributed by atoms with Gasteiger partial charge < -0.3 is 4.74 Å². The molecule has 0 saturated heterocycles. The molecule has 0 aliphatic rings. The second-order valence-electron chi connectivity index (χ2n) is 3.72. The van der Waals surface area contributed by atoms with Gasteiger partial charge in [-0.05, 0) is 12.1 Å². The summed E-state index contributed by atoms with van der Waals surface area (Å²) >= 11 is 0. The number of rotatable bonds is 4. The standard InChI is InChI=1S/C12H12FN3O2/c1-16-11(14-7-15-16)6-9(17)12-8(13)4-3-5-10(12)18-2/h3-5,7H,6H2,1-2H3. The molecule has 0 bridgehead atoms. The molecule has 6 heteroatoms. The average molecular weight is 249 g/mol. The highest BCUT2D eigenvalue weighted by atomic mass is 19.1. The van der Waals surface area contributed by atoms with E-state index in [1.54, 1.807) is 13.1 Å². The summed E-state index contributed by atoms with van der Waals surface area (Å²) in [7, 11) is 3.07. The largest absolute Gasteiger partial charge is 0.496 e. The molecule has 18 heavy (non-hydrogen) atoms. The molecule has 5 nitrogen and oxygen atoms in total. The summed E-state index contributed by atoms with van der Waals surface area (Å²) in [5.41, 5.74) is -0.0528. The third kappa shape index (κ3) is 2.22. The maximum Gasteiger partial charge on any atom is 0.177 e. The van der Waals surface area contributed by atoms with Crippen molar-refractivity contribution in [2.75, 3.05) is 7.11 Å². The Morgan fingerprint density at radius 1 is 1.50 bits per heavy atom. The number of aryl methyl sites for hydroxylation is 1. The van der Waals surface area contributed by atoms with E-state index in [2.05, 4.69) is 10.1 Å². The van der Waals surface area contributed by atoms with E-state index < -0.39 is 5.82 Å². The SMILES string of the molecule is COc1cccc(F)c1C(=O)Cc1ncnn1C. The predicted molar refractivity (Wildman–Crippen MR) is 62.0 cm³/mol. The Hall–Kier alpha value is -2.24. The second-order valence-corrected chi connectivity index (χ2v) is 3.72. The number of ether oxygens (including phenoxy) is 1. The van der Waals surface area contributed by atoms with E-state index in [1.807, 2.05) is 0 Å². The molecule has 0 N–H and O–H groups in total. The minimum atomic E-state index is -0.596. The van der Waals surface area contributed by atoms with E-state index in [0.29, 0.717) is 5.82 Å². The van der Waals surface area contributed by atoms with E-state index >= 15 is 0 Å². The molecule has 0 amide bonds. The fourth-order valence-electron chi connectivity index (χ4n) is 1.66. The lowest BCUT2D eigenvalue weighted by Gasteiger charge is -2.08. The van der Waals surface area contributed by atoms with Gasteiger partial charge in [0.2, 0.25) is 0 Å². The van der Waals surface area contributed by atoms with E-state index in [1.165, 1.54) is 30.3 Å². The van der Waals surface area contributed by atoms with Gasteiger partial charge in [0.25, 0.3) is 0 Å². The fourth-order valence-corrected chi connectivity index (χ4v) is 1.66. The Morgan fingerprint density at radius 3 is 2.89 bits per heavy atom. The molecular formula is C12H12FN3O2. The van der Waals surface area contributed by atoms with E-state index in [-0.39, 0.29) is 23.5 Å². The first-order chi connectivity index (χ1) is 8.63. The molecule has 0 aliphatic heterocycles. The van der Waals surface area contributed by atoms with E-state index in [0.717, 1.165) is 0 Å². The van der Waals surface area contributed by atoms with Gasteiger partial charge >= 0.3 is 0 Å². The van der Waals surface area contributed by atoms with Crippen LogP contribution in [0.5, 0.6) is 5.75 Å². The van der Waals surface area contributed by atoms with Crippen LogP contribution in [0, 0.1) is 5.82 Å². The number of hydrogen-bond donors (Lipinski definition) is 0. The molecule has 94 valence electrons. The summed E-state index contributed by atoms with van der Waals surface area (Å²) in [5, 5.41) is 3.86. The number of nitrogens with zero attached hydrogens (tertiary/aromatic N) is 3. The molecule has 0 saturated carbocycles. The average Bonchev–Trinajstić information content (AvgIpc) is 2.74. The maximum atomic E-state index is 13.7. The van der Waals surface area contributed by atoms with Crippen molar-refractivity contribution in [1.29, 1.82) is 0 Å². The molecule has 2 aromatic rings. The van der Waals surface area contributed by atoms with Crippen LogP contribution in [-0.2, 0) is 13.5 Å². The number of carbonyl (C=O) groups is 1. The van der Waals surface area contributed by atoms with Crippen LogP contribution in [0.1, 0.15) is 16.2 Å². The molecule has 1 aromatic heterocycles. The Morgan fingerprint density at radius 2 is 2.28 bits per heavy atom. The Kier molecular flexibility index (Phi) is 3.36. The van der Waals surface area contributed by atoms with Crippen LogP contribution in [0.3, 0.4) is 0 Å². The first kappa shape index (κ1) is 12.2. The lowest BCUT2D eigenvalue weighted by atomic mass is 10.1. The Labute approximate surface area is 103 Å². The summed E-state index contributed by atoms with van der Waals surface area (Å²) < 4.78 is 20.1. The Bertz CT molecular complexity index is 580. The van der Waals surface area contributed by atoms with Gasteiger partial charge in [0.1, 0.15) is 23.7 Å². The summed E-state index contributed by atoms with van der Waals surface area (Å²) in [6.45, 7) is 0. The smallest absolute Gasteiger partial charge is 0.177 e. The van der Waals surface area contributed by atoms with Crippen LogP contribution < -0.4 is 4.74 Å². The van der Waals surface area contributed by atoms with Gasteiger partial charge in [-0.2, -0.15) is 5.10 Å². The molecule has 0 aliphatic carbocycles. The molecule has 0 spiro atoms. The number of aromatic nitrogens is 3. The number of Topliss-reactive ketones (excluding diaryl/α,β-unsaturated/α-hetero) is 1.